The van der Waals surface area contributed by atoms with Crippen LogP contribution in [0.2, 0.25) is 0 Å². The molecule has 0 aliphatic rings. The summed E-state index contributed by atoms with van der Waals surface area (Å²) in [7, 11) is 0. The summed E-state index contributed by atoms with van der Waals surface area (Å²) in [6.45, 7) is 6.74. The lowest BCUT2D eigenvalue weighted by Crippen LogP contribution is -2.09. The van der Waals surface area contributed by atoms with E-state index in [2.05, 4.69) is 27.5 Å². The molecule has 0 amide bonds. The van der Waals surface area contributed by atoms with Crippen molar-refractivity contribution in [3.8, 4) is 5.69 Å². The van der Waals surface area contributed by atoms with Crippen LogP contribution in [0.5, 0.6) is 0 Å². The third-order valence-electron chi connectivity index (χ3n) is 4.41. The third-order valence-corrected chi connectivity index (χ3v) is 4.41. The Morgan fingerprint density at radius 2 is 2.00 bits per heavy atom. The second-order valence-corrected chi connectivity index (χ2v) is 6.44. The van der Waals surface area contributed by atoms with Gasteiger partial charge in [0.05, 0.1) is 11.4 Å². The van der Waals surface area contributed by atoms with E-state index in [0.717, 1.165) is 35.5 Å². The molecule has 0 fully saturated rings. The summed E-state index contributed by atoms with van der Waals surface area (Å²) in [4.78, 5) is 12.1. The van der Waals surface area contributed by atoms with E-state index in [1.807, 2.05) is 48.9 Å². The minimum absolute atomic E-state index is 0.0428. The first kappa shape index (κ1) is 19.5. The molecule has 2 heterocycles. The van der Waals surface area contributed by atoms with Crippen LogP contribution < -0.4 is 0 Å². The van der Waals surface area contributed by atoms with Crippen molar-refractivity contribution in [2.45, 2.75) is 46.8 Å². The highest BCUT2D eigenvalue weighted by Crippen LogP contribution is 2.19. The molecule has 0 radical (unpaired) electrons. The molecule has 0 spiro atoms. The maximum absolute atomic E-state index is 12.1. The molecular formula is C20H24N6O2. The van der Waals surface area contributed by atoms with Crippen LogP contribution in [-0.4, -0.2) is 36.0 Å². The highest BCUT2D eigenvalue weighted by atomic mass is 16.5. The molecule has 0 atom stereocenters. The zero-order valence-corrected chi connectivity index (χ0v) is 16.4. The summed E-state index contributed by atoms with van der Waals surface area (Å²) in [5.74, 6) is 0.0933. The number of esters is 1. The quantitative estimate of drug-likeness (QED) is 0.441. The van der Waals surface area contributed by atoms with Crippen molar-refractivity contribution in [1.82, 2.24) is 30.0 Å². The summed E-state index contributed by atoms with van der Waals surface area (Å²) >= 11 is 0. The summed E-state index contributed by atoms with van der Waals surface area (Å²) in [6, 6.07) is 9.87. The molecule has 3 aromatic rings. The number of ether oxygens (including phenoxy) is 1. The number of para-hydroxylation sites is 1. The van der Waals surface area contributed by atoms with E-state index >= 15 is 0 Å². The monoisotopic (exact) mass is 380 g/mol. The van der Waals surface area contributed by atoms with E-state index in [-0.39, 0.29) is 6.61 Å². The van der Waals surface area contributed by atoms with Gasteiger partial charge in [-0.3, -0.25) is 0 Å². The second kappa shape index (κ2) is 9.07. The van der Waals surface area contributed by atoms with Crippen molar-refractivity contribution in [2.75, 3.05) is 0 Å². The maximum Gasteiger partial charge on any atom is 0.331 e. The van der Waals surface area contributed by atoms with Gasteiger partial charge in [0.2, 0.25) is 0 Å². The number of aryl methyl sites for hydroxylation is 2. The summed E-state index contributed by atoms with van der Waals surface area (Å²) in [6.07, 6.45) is 5.15. The van der Waals surface area contributed by atoms with Gasteiger partial charge in [0.1, 0.15) is 0 Å². The number of carbonyl (C=O) groups is 1. The minimum atomic E-state index is -0.448. The Balaban J connectivity index is 1.65. The predicted octanol–water partition coefficient (Wildman–Crippen LogP) is 3.03. The van der Waals surface area contributed by atoms with Crippen molar-refractivity contribution in [1.29, 1.82) is 0 Å². The number of nitrogens with zero attached hydrogens (tertiary/aromatic N) is 6. The molecule has 2 aromatic heterocycles. The lowest BCUT2D eigenvalue weighted by molar-refractivity contribution is -0.139. The van der Waals surface area contributed by atoms with Gasteiger partial charge in [-0.05, 0) is 48.9 Å². The SMILES string of the molecule is CCCCn1nnnc1COC(=O)/C=C/c1c(C)nn(-c2ccccc2)c1C. The van der Waals surface area contributed by atoms with Gasteiger partial charge in [-0.25, -0.2) is 14.2 Å². The molecule has 1 aromatic carbocycles. The van der Waals surface area contributed by atoms with E-state index in [1.54, 1.807) is 10.8 Å². The van der Waals surface area contributed by atoms with Crippen LogP contribution in [0.3, 0.4) is 0 Å². The Labute approximate surface area is 163 Å². The normalized spacial score (nSPS) is 11.2. The summed E-state index contributed by atoms with van der Waals surface area (Å²) < 4.78 is 8.81. The zero-order valence-electron chi connectivity index (χ0n) is 16.4. The number of carbonyl (C=O) groups excluding carboxylic acids is 1. The van der Waals surface area contributed by atoms with Gasteiger partial charge in [-0.1, -0.05) is 31.5 Å². The van der Waals surface area contributed by atoms with E-state index < -0.39 is 5.97 Å². The van der Waals surface area contributed by atoms with Crippen LogP contribution in [-0.2, 0) is 22.7 Å². The molecule has 0 aliphatic carbocycles. The van der Waals surface area contributed by atoms with Crippen LogP contribution in [0, 0.1) is 13.8 Å². The van der Waals surface area contributed by atoms with Crippen molar-refractivity contribution >= 4 is 12.0 Å². The Morgan fingerprint density at radius 1 is 1.21 bits per heavy atom. The van der Waals surface area contributed by atoms with Crippen molar-refractivity contribution < 1.29 is 9.53 Å². The molecule has 0 unspecified atom stereocenters. The van der Waals surface area contributed by atoms with Crippen LogP contribution >= 0.6 is 0 Å². The molecule has 28 heavy (non-hydrogen) atoms. The van der Waals surface area contributed by atoms with E-state index in [4.69, 9.17) is 4.74 Å². The van der Waals surface area contributed by atoms with Crippen molar-refractivity contribution in [2.24, 2.45) is 0 Å². The first-order valence-corrected chi connectivity index (χ1v) is 9.31. The van der Waals surface area contributed by atoms with E-state index in [9.17, 15) is 4.79 Å². The van der Waals surface area contributed by atoms with Crippen molar-refractivity contribution in [3.63, 3.8) is 0 Å². The van der Waals surface area contributed by atoms with Gasteiger partial charge >= 0.3 is 5.97 Å². The van der Waals surface area contributed by atoms with Crippen LogP contribution in [0.15, 0.2) is 36.4 Å². The van der Waals surface area contributed by atoms with Crippen LogP contribution in [0.25, 0.3) is 11.8 Å². The lowest BCUT2D eigenvalue weighted by Gasteiger charge is -2.04. The topological polar surface area (TPSA) is 87.7 Å². The average molecular weight is 380 g/mol. The average Bonchev–Trinajstić information content (AvgIpc) is 3.27. The Bertz CT molecular complexity index is 958. The van der Waals surface area contributed by atoms with Gasteiger partial charge in [-0.2, -0.15) is 5.10 Å². The summed E-state index contributed by atoms with van der Waals surface area (Å²) in [5.41, 5.74) is 3.67. The van der Waals surface area contributed by atoms with E-state index in [0.29, 0.717) is 12.4 Å². The second-order valence-electron chi connectivity index (χ2n) is 6.44. The molecule has 0 bridgehead atoms. The molecule has 8 nitrogen and oxygen atoms in total. The zero-order chi connectivity index (χ0) is 19.9. The fourth-order valence-electron chi connectivity index (χ4n) is 2.86. The van der Waals surface area contributed by atoms with Gasteiger partial charge in [0.15, 0.2) is 12.4 Å². The number of unbranched alkanes of at least 4 members (excludes halogenated alkanes) is 1. The summed E-state index contributed by atoms with van der Waals surface area (Å²) in [5, 5.41) is 16.0. The first-order valence-electron chi connectivity index (χ1n) is 9.31. The molecule has 3 rings (SSSR count). The van der Waals surface area contributed by atoms with E-state index in [1.165, 1.54) is 6.08 Å². The van der Waals surface area contributed by atoms with Crippen LogP contribution in [0.4, 0.5) is 0 Å². The molecular weight excluding hydrogens is 356 g/mol. The molecule has 0 aliphatic heterocycles. The standard InChI is InChI=1S/C20H24N6O2/c1-4-5-13-25-19(21-23-24-25)14-28-20(27)12-11-18-15(2)22-26(16(18)3)17-9-7-6-8-10-17/h6-12H,4-5,13-14H2,1-3H3/b12-11+. The molecule has 146 valence electrons. The number of aromatic nitrogens is 6. The smallest absolute Gasteiger partial charge is 0.331 e. The minimum Gasteiger partial charge on any atom is -0.454 e. The third kappa shape index (κ3) is 4.51. The number of hydrogen-bond acceptors (Lipinski definition) is 6. The maximum atomic E-state index is 12.1. The highest BCUT2D eigenvalue weighted by Gasteiger charge is 2.12. The molecule has 0 N–H and O–H groups in total. The van der Waals surface area contributed by atoms with Crippen LogP contribution in [0.1, 0.15) is 42.5 Å². The number of hydrogen-bond donors (Lipinski definition) is 0. The molecule has 0 saturated heterocycles. The van der Waals surface area contributed by atoms with Gasteiger partial charge in [0.25, 0.3) is 0 Å². The lowest BCUT2D eigenvalue weighted by atomic mass is 10.2. The van der Waals surface area contributed by atoms with Gasteiger partial charge in [0, 0.05) is 23.9 Å². The van der Waals surface area contributed by atoms with Gasteiger partial charge < -0.3 is 4.74 Å². The first-order chi connectivity index (χ1) is 13.6. The Morgan fingerprint density at radius 3 is 2.75 bits per heavy atom. The fourth-order valence-corrected chi connectivity index (χ4v) is 2.86. The Hall–Kier alpha value is -3.29. The van der Waals surface area contributed by atoms with Gasteiger partial charge in [-0.15, -0.1) is 5.10 Å². The number of rotatable bonds is 8. The fraction of sp³-hybridized carbons (Fsp3) is 0.350. The largest absolute Gasteiger partial charge is 0.454 e. The number of tetrazole rings is 1. The molecule has 0 saturated carbocycles. The highest BCUT2D eigenvalue weighted by molar-refractivity contribution is 5.87. The van der Waals surface area contributed by atoms with Crippen molar-refractivity contribution in [3.05, 3.63) is 59.2 Å². The predicted molar refractivity (Wildman–Crippen MR) is 105 cm³/mol. The molecule has 8 heteroatoms. The Kier molecular flexibility index (Phi) is 6.31. The number of benzene rings is 1.